The number of sulfonamides is 1. The summed E-state index contributed by atoms with van der Waals surface area (Å²) in [5.74, 6) is 0.577. The monoisotopic (exact) mass is 408 g/mol. The van der Waals surface area contributed by atoms with Crippen LogP contribution in [0, 0.1) is 0 Å². The number of H-pyrrole nitrogens is 1. The fraction of sp³-hybridized carbons (Fsp3) is 0.100. The molecule has 2 aromatic heterocycles. The van der Waals surface area contributed by atoms with Gasteiger partial charge in [0.15, 0.2) is 0 Å². The molecule has 29 heavy (non-hydrogen) atoms. The van der Waals surface area contributed by atoms with Gasteiger partial charge in [0.2, 0.25) is 10.0 Å². The van der Waals surface area contributed by atoms with Gasteiger partial charge in [-0.3, -0.25) is 0 Å². The lowest BCUT2D eigenvalue weighted by molar-refractivity contribution is 0.588. The average Bonchev–Trinajstić information content (AvgIpc) is 3.19. The van der Waals surface area contributed by atoms with Crippen LogP contribution in [0.5, 0.6) is 0 Å². The Labute approximate surface area is 168 Å². The summed E-state index contributed by atoms with van der Waals surface area (Å²) < 4.78 is 26.5. The molecule has 0 aliphatic carbocycles. The van der Waals surface area contributed by atoms with Crippen LogP contribution in [0.1, 0.15) is 5.56 Å². The van der Waals surface area contributed by atoms with Crippen LogP contribution in [0.25, 0.3) is 22.2 Å². The van der Waals surface area contributed by atoms with Gasteiger partial charge in [0, 0.05) is 24.0 Å². The van der Waals surface area contributed by atoms with Crippen LogP contribution in [0.15, 0.2) is 66.0 Å². The highest BCUT2D eigenvalue weighted by Crippen LogP contribution is 2.33. The molecule has 0 aliphatic rings. The largest absolute Gasteiger partial charge is 0.345 e. The maximum Gasteiger partial charge on any atom is 0.240 e. The summed E-state index contributed by atoms with van der Waals surface area (Å²) in [5, 5.41) is 4.03. The first-order chi connectivity index (χ1) is 14.0. The van der Waals surface area contributed by atoms with Crippen molar-refractivity contribution in [3.8, 4) is 11.1 Å². The van der Waals surface area contributed by atoms with E-state index < -0.39 is 10.0 Å². The molecule has 4 rings (SSSR count). The molecule has 0 radical (unpaired) electrons. The Balaban J connectivity index is 1.77. The summed E-state index contributed by atoms with van der Waals surface area (Å²) in [5.41, 5.74) is 9.95. The molecule has 148 valence electrons. The first-order valence-electron chi connectivity index (χ1n) is 8.94. The predicted octanol–water partition coefficient (Wildman–Crippen LogP) is 2.74. The lowest BCUT2D eigenvalue weighted by Gasteiger charge is -2.10. The van der Waals surface area contributed by atoms with Gasteiger partial charge in [-0.25, -0.2) is 23.1 Å². The van der Waals surface area contributed by atoms with Gasteiger partial charge in [-0.2, -0.15) is 0 Å². The Morgan fingerprint density at radius 3 is 2.62 bits per heavy atom. The van der Waals surface area contributed by atoms with Crippen molar-refractivity contribution < 1.29 is 8.42 Å². The highest BCUT2D eigenvalue weighted by atomic mass is 32.2. The topological polar surface area (TPSA) is 126 Å². The third-order valence-corrected chi connectivity index (χ3v) is 6.06. The Morgan fingerprint density at radius 1 is 1.10 bits per heavy atom. The third kappa shape index (κ3) is 3.70. The van der Waals surface area contributed by atoms with Crippen molar-refractivity contribution in [1.82, 2.24) is 19.7 Å². The highest BCUT2D eigenvalue weighted by molar-refractivity contribution is 7.89. The van der Waals surface area contributed by atoms with Crippen molar-refractivity contribution in [2.45, 2.75) is 11.4 Å². The summed E-state index contributed by atoms with van der Waals surface area (Å²) in [7, 11) is -2.16. The second-order valence-electron chi connectivity index (χ2n) is 6.41. The van der Waals surface area contributed by atoms with Gasteiger partial charge in [0.1, 0.15) is 17.8 Å². The van der Waals surface area contributed by atoms with Crippen molar-refractivity contribution in [3.05, 3.63) is 66.6 Å². The Kier molecular flexibility index (Phi) is 5.01. The van der Waals surface area contributed by atoms with E-state index in [1.54, 1.807) is 18.2 Å². The first-order valence-corrected chi connectivity index (χ1v) is 10.4. The zero-order chi connectivity index (χ0) is 20.4. The van der Waals surface area contributed by atoms with Crippen LogP contribution >= 0.6 is 0 Å². The molecular formula is C20H20N6O2S. The number of benzene rings is 2. The first kappa shape index (κ1) is 19.1. The van der Waals surface area contributed by atoms with Crippen LogP contribution in [-0.4, -0.2) is 30.4 Å². The number of aromatic amines is 1. The molecule has 0 spiro atoms. The minimum atomic E-state index is -3.54. The smallest absolute Gasteiger partial charge is 0.240 e. The predicted molar refractivity (Wildman–Crippen MR) is 113 cm³/mol. The molecule has 0 unspecified atom stereocenters. The molecule has 2 aromatic carbocycles. The van der Waals surface area contributed by atoms with Gasteiger partial charge in [-0.05, 0) is 36.4 Å². The summed E-state index contributed by atoms with van der Waals surface area (Å²) in [6, 6.07) is 14.5. The van der Waals surface area contributed by atoms with E-state index in [0.29, 0.717) is 23.7 Å². The van der Waals surface area contributed by atoms with Gasteiger partial charge < -0.3 is 16.0 Å². The number of nitrogens with one attached hydrogen (secondary N) is 3. The Morgan fingerprint density at radius 2 is 1.90 bits per heavy atom. The normalized spacial score (nSPS) is 11.7. The van der Waals surface area contributed by atoms with E-state index in [4.69, 9.17) is 5.73 Å². The van der Waals surface area contributed by atoms with Gasteiger partial charge in [0.05, 0.1) is 10.3 Å². The van der Waals surface area contributed by atoms with Crippen molar-refractivity contribution >= 4 is 32.6 Å². The highest BCUT2D eigenvalue weighted by Gasteiger charge is 2.15. The lowest BCUT2D eigenvalue weighted by Crippen LogP contribution is -2.18. The van der Waals surface area contributed by atoms with Crippen LogP contribution in [0.2, 0.25) is 0 Å². The molecule has 4 aromatic rings. The van der Waals surface area contributed by atoms with E-state index in [1.165, 1.54) is 19.4 Å². The van der Waals surface area contributed by atoms with E-state index >= 15 is 0 Å². The molecule has 0 saturated carbocycles. The van der Waals surface area contributed by atoms with Crippen LogP contribution < -0.4 is 15.8 Å². The van der Waals surface area contributed by atoms with Crippen LogP contribution in [0.4, 0.5) is 11.5 Å². The van der Waals surface area contributed by atoms with E-state index in [0.717, 1.165) is 22.1 Å². The van der Waals surface area contributed by atoms with Crippen molar-refractivity contribution in [2.75, 3.05) is 12.4 Å². The van der Waals surface area contributed by atoms with Gasteiger partial charge in [0.25, 0.3) is 0 Å². The van der Waals surface area contributed by atoms with Crippen LogP contribution in [0.3, 0.4) is 0 Å². The maximum absolute atomic E-state index is 12.1. The molecule has 0 aliphatic heterocycles. The maximum atomic E-state index is 12.1. The molecule has 9 heteroatoms. The quantitative estimate of drug-likeness (QED) is 0.389. The van der Waals surface area contributed by atoms with E-state index in [1.807, 2.05) is 30.5 Å². The minimum absolute atomic E-state index is 0.168. The van der Waals surface area contributed by atoms with Crippen molar-refractivity contribution in [2.24, 2.45) is 5.73 Å². The number of nitrogens with two attached hydrogens (primary N) is 1. The molecule has 2 heterocycles. The third-order valence-electron chi connectivity index (χ3n) is 4.65. The molecule has 0 saturated heterocycles. The molecular weight excluding hydrogens is 388 g/mol. The summed E-state index contributed by atoms with van der Waals surface area (Å²) in [6.45, 7) is 0.482. The number of aromatic nitrogens is 3. The van der Waals surface area contributed by atoms with Crippen molar-refractivity contribution in [1.29, 1.82) is 0 Å². The SMILES string of the molecule is CNS(=O)(=O)c1cccc(Nc2ncnc3[nH]cc(-c4ccc(CN)cc4)c23)c1. The second-order valence-corrected chi connectivity index (χ2v) is 8.30. The van der Waals surface area contributed by atoms with E-state index in [9.17, 15) is 8.42 Å². The standard InChI is InChI=1S/C20H20N6O2S/c1-22-29(27,28)16-4-2-3-15(9-16)26-20-18-17(11-23-19(18)24-12-25-20)14-7-5-13(10-21)6-8-14/h2-9,11-12,22H,10,21H2,1H3,(H2,23,24,25,26). The van der Waals surface area contributed by atoms with Crippen molar-refractivity contribution in [3.63, 3.8) is 0 Å². The summed E-state index contributed by atoms with van der Waals surface area (Å²) in [6.07, 6.45) is 3.33. The molecule has 5 N–H and O–H groups in total. The molecule has 0 amide bonds. The molecule has 8 nitrogen and oxygen atoms in total. The number of rotatable bonds is 6. The second kappa shape index (κ2) is 7.63. The molecule has 0 fully saturated rings. The average molecular weight is 408 g/mol. The molecule has 0 atom stereocenters. The van der Waals surface area contributed by atoms with E-state index in [-0.39, 0.29) is 4.90 Å². The Bertz CT molecular complexity index is 1270. The summed E-state index contributed by atoms with van der Waals surface area (Å²) in [4.78, 5) is 12.0. The number of anilines is 2. The fourth-order valence-electron chi connectivity index (χ4n) is 3.10. The fourth-order valence-corrected chi connectivity index (χ4v) is 3.88. The van der Waals surface area contributed by atoms with Gasteiger partial charge in [-0.15, -0.1) is 0 Å². The number of fused-ring (bicyclic) bond motifs is 1. The zero-order valence-corrected chi connectivity index (χ0v) is 16.5. The number of hydrogen-bond donors (Lipinski definition) is 4. The summed E-state index contributed by atoms with van der Waals surface area (Å²) >= 11 is 0. The van der Waals surface area contributed by atoms with E-state index in [2.05, 4.69) is 25.0 Å². The van der Waals surface area contributed by atoms with Crippen LogP contribution in [-0.2, 0) is 16.6 Å². The van der Waals surface area contributed by atoms with Gasteiger partial charge >= 0.3 is 0 Å². The van der Waals surface area contributed by atoms with Gasteiger partial charge in [-0.1, -0.05) is 30.3 Å². The number of hydrogen-bond acceptors (Lipinski definition) is 6. The lowest BCUT2D eigenvalue weighted by atomic mass is 10.0. The number of nitrogens with zero attached hydrogens (tertiary/aromatic N) is 2. The zero-order valence-electron chi connectivity index (χ0n) is 15.7. The molecule has 0 bridgehead atoms. The Hall–Kier alpha value is -3.27. The minimum Gasteiger partial charge on any atom is -0.345 e.